The summed E-state index contributed by atoms with van der Waals surface area (Å²) < 4.78 is 30.4. The van der Waals surface area contributed by atoms with Gasteiger partial charge < -0.3 is 15.6 Å². The zero-order valence-corrected chi connectivity index (χ0v) is 7.33. The van der Waals surface area contributed by atoms with Crippen LogP contribution in [0.4, 0.5) is 14.6 Å². The SMILES string of the molecule is Nc1nc(OCCCO)c(F)cc1F. The lowest BCUT2D eigenvalue weighted by atomic mass is 10.4. The summed E-state index contributed by atoms with van der Waals surface area (Å²) in [6, 6.07) is 0.608. The van der Waals surface area contributed by atoms with E-state index in [4.69, 9.17) is 15.6 Å². The van der Waals surface area contributed by atoms with Crippen molar-refractivity contribution in [2.75, 3.05) is 18.9 Å². The zero-order valence-electron chi connectivity index (χ0n) is 7.33. The summed E-state index contributed by atoms with van der Waals surface area (Å²) in [4.78, 5) is 3.37. The second-order valence-electron chi connectivity index (χ2n) is 2.57. The van der Waals surface area contributed by atoms with Gasteiger partial charge in [0.2, 0.25) is 0 Å². The normalized spacial score (nSPS) is 10.2. The molecule has 0 spiro atoms. The van der Waals surface area contributed by atoms with E-state index in [0.717, 1.165) is 0 Å². The Morgan fingerprint density at radius 1 is 1.43 bits per heavy atom. The third-order valence-corrected chi connectivity index (χ3v) is 1.47. The number of aliphatic hydroxyl groups is 1. The molecule has 3 N–H and O–H groups in total. The Balaban J connectivity index is 2.72. The molecule has 0 atom stereocenters. The van der Waals surface area contributed by atoms with Gasteiger partial charge in [0.15, 0.2) is 17.5 Å². The summed E-state index contributed by atoms with van der Waals surface area (Å²) in [7, 11) is 0. The van der Waals surface area contributed by atoms with Gasteiger partial charge in [-0.2, -0.15) is 4.98 Å². The lowest BCUT2D eigenvalue weighted by molar-refractivity contribution is 0.223. The molecule has 1 heterocycles. The number of rotatable bonds is 4. The first-order chi connectivity index (χ1) is 6.65. The molecule has 1 aromatic rings. The molecule has 0 fully saturated rings. The van der Waals surface area contributed by atoms with Gasteiger partial charge in [-0.1, -0.05) is 0 Å². The van der Waals surface area contributed by atoms with Crippen molar-refractivity contribution in [3.8, 4) is 5.88 Å². The molecule has 0 saturated heterocycles. The highest BCUT2D eigenvalue weighted by Crippen LogP contribution is 2.18. The van der Waals surface area contributed by atoms with E-state index in [2.05, 4.69) is 4.98 Å². The molecule has 0 radical (unpaired) electrons. The fraction of sp³-hybridized carbons (Fsp3) is 0.375. The van der Waals surface area contributed by atoms with Crippen LogP contribution in [0.1, 0.15) is 6.42 Å². The van der Waals surface area contributed by atoms with E-state index < -0.39 is 17.5 Å². The number of ether oxygens (including phenoxy) is 1. The molecule has 0 unspecified atom stereocenters. The van der Waals surface area contributed by atoms with E-state index in [0.29, 0.717) is 12.5 Å². The quantitative estimate of drug-likeness (QED) is 0.708. The van der Waals surface area contributed by atoms with E-state index in [1.807, 2.05) is 0 Å². The topological polar surface area (TPSA) is 68.4 Å². The number of halogens is 2. The van der Waals surface area contributed by atoms with E-state index in [1.165, 1.54) is 0 Å². The largest absolute Gasteiger partial charge is 0.475 e. The number of nitrogens with two attached hydrogens (primary N) is 1. The fourth-order valence-electron chi connectivity index (χ4n) is 0.798. The Morgan fingerprint density at radius 2 is 2.14 bits per heavy atom. The molecule has 0 aliphatic heterocycles. The van der Waals surface area contributed by atoms with Crippen LogP contribution < -0.4 is 10.5 Å². The summed E-state index contributed by atoms with van der Waals surface area (Å²) in [6.45, 7) is 0.0315. The number of pyridine rings is 1. The molecule has 0 aliphatic rings. The van der Waals surface area contributed by atoms with Crippen LogP contribution in [-0.2, 0) is 0 Å². The van der Waals surface area contributed by atoms with Crippen molar-refractivity contribution in [3.63, 3.8) is 0 Å². The van der Waals surface area contributed by atoms with Crippen LogP contribution in [0.2, 0.25) is 0 Å². The Kier molecular flexibility index (Phi) is 3.58. The maximum absolute atomic E-state index is 12.9. The molecule has 0 aliphatic carbocycles. The molecule has 78 valence electrons. The average Bonchev–Trinajstić information content (AvgIpc) is 2.14. The number of hydrogen-bond donors (Lipinski definition) is 2. The van der Waals surface area contributed by atoms with Gasteiger partial charge in [-0.15, -0.1) is 0 Å². The van der Waals surface area contributed by atoms with Gasteiger partial charge in [0, 0.05) is 19.1 Å². The average molecular weight is 204 g/mol. The van der Waals surface area contributed by atoms with Crippen molar-refractivity contribution in [2.24, 2.45) is 0 Å². The van der Waals surface area contributed by atoms with Crippen molar-refractivity contribution in [1.82, 2.24) is 4.98 Å². The number of aliphatic hydroxyl groups excluding tert-OH is 1. The van der Waals surface area contributed by atoms with Crippen molar-refractivity contribution < 1.29 is 18.6 Å². The highest BCUT2D eigenvalue weighted by Gasteiger charge is 2.10. The molecule has 14 heavy (non-hydrogen) atoms. The number of anilines is 1. The maximum Gasteiger partial charge on any atom is 0.252 e. The van der Waals surface area contributed by atoms with Gasteiger partial charge in [0.25, 0.3) is 5.88 Å². The Morgan fingerprint density at radius 3 is 2.79 bits per heavy atom. The predicted molar refractivity (Wildman–Crippen MR) is 45.8 cm³/mol. The van der Waals surface area contributed by atoms with Gasteiger partial charge >= 0.3 is 0 Å². The summed E-state index contributed by atoms with van der Waals surface area (Å²) >= 11 is 0. The molecule has 6 heteroatoms. The number of hydrogen-bond acceptors (Lipinski definition) is 4. The molecular weight excluding hydrogens is 194 g/mol. The lowest BCUT2D eigenvalue weighted by Gasteiger charge is -2.05. The highest BCUT2D eigenvalue weighted by atomic mass is 19.1. The molecule has 0 bridgehead atoms. The second-order valence-corrected chi connectivity index (χ2v) is 2.57. The minimum absolute atomic E-state index is 0.0711. The third kappa shape index (κ3) is 2.53. The molecule has 1 rings (SSSR count). The van der Waals surface area contributed by atoms with Crippen molar-refractivity contribution in [2.45, 2.75) is 6.42 Å². The number of nitrogen functional groups attached to an aromatic ring is 1. The standard InChI is InChI=1S/C8H10F2N2O2/c9-5-4-6(10)8(12-7(5)11)14-3-1-2-13/h4,13H,1-3H2,(H2,11,12). The van der Waals surface area contributed by atoms with Gasteiger partial charge in [-0.05, 0) is 0 Å². The van der Waals surface area contributed by atoms with E-state index >= 15 is 0 Å². The molecule has 0 amide bonds. The van der Waals surface area contributed by atoms with Crippen LogP contribution in [0.15, 0.2) is 6.07 Å². The molecule has 0 aromatic carbocycles. The van der Waals surface area contributed by atoms with E-state index in [9.17, 15) is 8.78 Å². The number of aromatic nitrogens is 1. The lowest BCUT2D eigenvalue weighted by Crippen LogP contribution is -2.05. The van der Waals surface area contributed by atoms with Crippen LogP contribution in [-0.4, -0.2) is 23.3 Å². The van der Waals surface area contributed by atoms with Crippen LogP contribution in [0, 0.1) is 11.6 Å². The summed E-state index contributed by atoms with van der Waals surface area (Å²) in [6.07, 6.45) is 0.346. The van der Waals surface area contributed by atoms with Gasteiger partial charge in [0.05, 0.1) is 6.61 Å². The first kappa shape index (κ1) is 10.6. The van der Waals surface area contributed by atoms with Crippen LogP contribution in [0.25, 0.3) is 0 Å². The molecule has 1 aromatic heterocycles. The number of nitrogens with zero attached hydrogens (tertiary/aromatic N) is 1. The maximum atomic E-state index is 12.9. The van der Waals surface area contributed by atoms with Gasteiger partial charge in [-0.25, -0.2) is 8.78 Å². The Bertz CT molecular complexity index is 320. The van der Waals surface area contributed by atoms with Gasteiger partial charge in [-0.3, -0.25) is 0 Å². The van der Waals surface area contributed by atoms with E-state index in [-0.39, 0.29) is 19.1 Å². The fourth-order valence-corrected chi connectivity index (χ4v) is 0.798. The predicted octanol–water partition coefficient (Wildman–Crippen LogP) is 0.703. The minimum Gasteiger partial charge on any atom is -0.475 e. The Hall–Kier alpha value is -1.43. The molecule has 4 nitrogen and oxygen atoms in total. The van der Waals surface area contributed by atoms with Crippen LogP contribution in [0.3, 0.4) is 0 Å². The summed E-state index contributed by atoms with van der Waals surface area (Å²) in [5.74, 6) is -2.59. The van der Waals surface area contributed by atoms with Crippen LogP contribution in [0.5, 0.6) is 5.88 Å². The van der Waals surface area contributed by atoms with Crippen molar-refractivity contribution >= 4 is 5.82 Å². The third-order valence-electron chi connectivity index (χ3n) is 1.47. The smallest absolute Gasteiger partial charge is 0.252 e. The minimum atomic E-state index is -0.919. The highest BCUT2D eigenvalue weighted by molar-refractivity contribution is 5.34. The van der Waals surface area contributed by atoms with Crippen molar-refractivity contribution in [1.29, 1.82) is 0 Å². The van der Waals surface area contributed by atoms with Crippen molar-refractivity contribution in [3.05, 3.63) is 17.7 Å². The summed E-state index contributed by atoms with van der Waals surface area (Å²) in [5.41, 5.74) is 5.11. The Labute approximate surface area is 79.3 Å². The molecule has 0 saturated carbocycles. The monoisotopic (exact) mass is 204 g/mol. The molecular formula is C8H10F2N2O2. The first-order valence-electron chi connectivity index (χ1n) is 4.00. The van der Waals surface area contributed by atoms with Crippen LogP contribution >= 0.6 is 0 Å². The van der Waals surface area contributed by atoms with Gasteiger partial charge in [0.1, 0.15) is 0 Å². The second kappa shape index (κ2) is 4.71. The first-order valence-corrected chi connectivity index (χ1v) is 4.00. The van der Waals surface area contributed by atoms with E-state index in [1.54, 1.807) is 0 Å². The zero-order chi connectivity index (χ0) is 10.6. The summed E-state index contributed by atoms with van der Waals surface area (Å²) in [5, 5.41) is 8.43.